The molecule has 0 spiro atoms. The first kappa shape index (κ1) is 12.2. The van der Waals surface area contributed by atoms with Crippen molar-refractivity contribution < 1.29 is 4.52 Å². The molecule has 0 aliphatic carbocycles. The topological polar surface area (TPSA) is 41.3 Å². The summed E-state index contributed by atoms with van der Waals surface area (Å²) in [5.41, 5.74) is 4.55. The van der Waals surface area contributed by atoms with Crippen molar-refractivity contribution in [3.63, 3.8) is 0 Å². The largest absolute Gasteiger partial charge is 0.338 e. The van der Waals surface area contributed by atoms with Crippen LogP contribution in [0.4, 0.5) is 5.88 Å². The molecule has 1 aliphatic heterocycles. The molecule has 0 amide bonds. The summed E-state index contributed by atoms with van der Waals surface area (Å²) < 4.78 is 5.50. The number of hydrogen-bond donors (Lipinski definition) is 1. The van der Waals surface area contributed by atoms with Crippen LogP contribution in [-0.4, -0.2) is 31.3 Å². The van der Waals surface area contributed by atoms with Crippen LogP contribution in [0.25, 0.3) is 11.3 Å². The molecule has 1 aromatic carbocycles. The summed E-state index contributed by atoms with van der Waals surface area (Å²) in [5.74, 6) is 0.873. The zero-order valence-corrected chi connectivity index (χ0v) is 11.4. The number of rotatable bonds is 2. The minimum absolute atomic E-state index is 0.873. The van der Waals surface area contributed by atoms with Crippen LogP contribution in [0.3, 0.4) is 0 Å². The Hall–Kier alpha value is -1.81. The van der Waals surface area contributed by atoms with E-state index in [1.54, 1.807) is 0 Å². The van der Waals surface area contributed by atoms with E-state index in [2.05, 4.69) is 47.4 Å². The first-order valence-corrected chi connectivity index (χ1v) is 6.74. The van der Waals surface area contributed by atoms with Crippen LogP contribution in [0.5, 0.6) is 0 Å². The Morgan fingerprint density at radius 2 is 1.95 bits per heavy atom. The molecule has 4 heteroatoms. The van der Waals surface area contributed by atoms with Crippen molar-refractivity contribution in [1.29, 1.82) is 0 Å². The van der Waals surface area contributed by atoms with E-state index in [1.165, 1.54) is 11.1 Å². The fourth-order valence-electron chi connectivity index (χ4n) is 2.44. The van der Waals surface area contributed by atoms with Crippen LogP contribution in [0.2, 0.25) is 0 Å². The van der Waals surface area contributed by atoms with Gasteiger partial charge in [0.25, 0.3) is 0 Å². The summed E-state index contributed by atoms with van der Waals surface area (Å²) in [6, 6.07) is 8.46. The molecule has 0 atom stereocenters. The predicted molar refractivity (Wildman–Crippen MR) is 76.5 cm³/mol. The summed E-state index contributed by atoms with van der Waals surface area (Å²) in [7, 11) is 0. The van der Waals surface area contributed by atoms with Gasteiger partial charge in [-0.3, -0.25) is 0 Å². The van der Waals surface area contributed by atoms with Crippen LogP contribution in [-0.2, 0) is 0 Å². The van der Waals surface area contributed by atoms with Crippen molar-refractivity contribution in [3.8, 4) is 11.3 Å². The van der Waals surface area contributed by atoms with E-state index in [1.807, 2.05) is 6.07 Å². The Morgan fingerprint density at radius 3 is 2.74 bits per heavy atom. The second-order valence-electron chi connectivity index (χ2n) is 5.11. The number of benzene rings is 1. The van der Waals surface area contributed by atoms with Crippen molar-refractivity contribution in [2.45, 2.75) is 13.8 Å². The van der Waals surface area contributed by atoms with Crippen molar-refractivity contribution in [3.05, 3.63) is 35.4 Å². The smallest absolute Gasteiger partial charge is 0.227 e. The van der Waals surface area contributed by atoms with Gasteiger partial charge in [-0.15, -0.1) is 0 Å². The molecule has 3 rings (SSSR count). The zero-order chi connectivity index (χ0) is 13.2. The van der Waals surface area contributed by atoms with Gasteiger partial charge in [-0.25, -0.2) is 0 Å². The Balaban J connectivity index is 1.89. The number of aryl methyl sites for hydroxylation is 2. The van der Waals surface area contributed by atoms with Gasteiger partial charge in [0.15, 0.2) is 0 Å². The molecule has 2 heterocycles. The Labute approximate surface area is 113 Å². The highest BCUT2D eigenvalue weighted by Crippen LogP contribution is 2.27. The van der Waals surface area contributed by atoms with E-state index in [0.29, 0.717) is 0 Å². The minimum Gasteiger partial charge on any atom is -0.338 e. The van der Waals surface area contributed by atoms with E-state index in [0.717, 1.165) is 43.3 Å². The molecule has 4 nitrogen and oxygen atoms in total. The predicted octanol–water partition coefficient (Wildman–Crippen LogP) is 2.37. The molecule has 1 fully saturated rings. The van der Waals surface area contributed by atoms with Crippen LogP contribution >= 0.6 is 0 Å². The standard InChI is InChI=1S/C15H19N3O/c1-11-3-4-12(2)13(9-11)14-10-15(19-17-14)18-7-5-16-6-8-18/h3-4,9-10,16H,5-8H2,1-2H3. The maximum absolute atomic E-state index is 5.50. The number of piperazine rings is 1. The first-order valence-electron chi connectivity index (χ1n) is 6.74. The summed E-state index contributed by atoms with van der Waals surface area (Å²) >= 11 is 0. The molecule has 0 saturated carbocycles. The summed E-state index contributed by atoms with van der Waals surface area (Å²) in [6.07, 6.45) is 0. The van der Waals surface area contributed by atoms with Crippen molar-refractivity contribution in [2.75, 3.05) is 31.1 Å². The number of anilines is 1. The second kappa shape index (κ2) is 5.05. The molecule has 0 bridgehead atoms. The summed E-state index contributed by atoms with van der Waals surface area (Å²) in [5, 5.41) is 7.56. The van der Waals surface area contributed by atoms with E-state index >= 15 is 0 Å². The van der Waals surface area contributed by atoms with Gasteiger partial charge in [-0.2, -0.15) is 0 Å². The highest BCUT2D eigenvalue weighted by Gasteiger charge is 2.16. The average molecular weight is 257 g/mol. The third kappa shape index (κ3) is 2.49. The first-order chi connectivity index (χ1) is 9.24. The lowest BCUT2D eigenvalue weighted by Crippen LogP contribution is -2.43. The second-order valence-corrected chi connectivity index (χ2v) is 5.11. The maximum Gasteiger partial charge on any atom is 0.227 e. The SMILES string of the molecule is Cc1ccc(C)c(-c2cc(N3CCNCC3)on2)c1. The van der Waals surface area contributed by atoms with Gasteiger partial charge in [-0.05, 0) is 25.5 Å². The molecular weight excluding hydrogens is 238 g/mol. The molecule has 100 valence electrons. The monoisotopic (exact) mass is 257 g/mol. The summed E-state index contributed by atoms with van der Waals surface area (Å²) in [6.45, 7) is 8.15. The van der Waals surface area contributed by atoms with Crippen LogP contribution in [0.15, 0.2) is 28.8 Å². The molecule has 1 saturated heterocycles. The molecule has 1 aliphatic rings. The number of nitrogens with one attached hydrogen (secondary N) is 1. The highest BCUT2D eigenvalue weighted by atomic mass is 16.5. The van der Waals surface area contributed by atoms with Crippen molar-refractivity contribution >= 4 is 5.88 Å². The van der Waals surface area contributed by atoms with Gasteiger partial charge in [0.2, 0.25) is 5.88 Å². The number of aromatic nitrogens is 1. The quantitative estimate of drug-likeness (QED) is 0.896. The van der Waals surface area contributed by atoms with Crippen LogP contribution in [0.1, 0.15) is 11.1 Å². The third-order valence-corrected chi connectivity index (χ3v) is 3.60. The normalized spacial score (nSPS) is 15.8. The molecule has 0 unspecified atom stereocenters. The fourth-order valence-corrected chi connectivity index (χ4v) is 2.44. The summed E-state index contributed by atoms with van der Waals surface area (Å²) in [4.78, 5) is 2.23. The average Bonchev–Trinajstić information content (AvgIpc) is 2.92. The molecule has 1 aromatic heterocycles. The molecule has 0 radical (unpaired) electrons. The molecule has 1 N–H and O–H groups in total. The van der Waals surface area contributed by atoms with Gasteiger partial charge >= 0.3 is 0 Å². The number of nitrogens with zero attached hydrogens (tertiary/aromatic N) is 2. The Morgan fingerprint density at radius 1 is 1.16 bits per heavy atom. The van der Waals surface area contributed by atoms with Gasteiger partial charge in [0, 0.05) is 37.8 Å². The van der Waals surface area contributed by atoms with Gasteiger partial charge in [0.1, 0.15) is 5.69 Å². The van der Waals surface area contributed by atoms with Gasteiger partial charge < -0.3 is 14.7 Å². The molecule has 2 aromatic rings. The fraction of sp³-hybridized carbons (Fsp3) is 0.400. The zero-order valence-electron chi connectivity index (χ0n) is 11.4. The Bertz CT molecular complexity index is 571. The van der Waals surface area contributed by atoms with Crippen molar-refractivity contribution in [1.82, 2.24) is 10.5 Å². The van der Waals surface area contributed by atoms with E-state index < -0.39 is 0 Å². The van der Waals surface area contributed by atoms with E-state index in [4.69, 9.17) is 4.52 Å². The number of hydrogen-bond acceptors (Lipinski definition) is 4. The molecular formula is C15H19N3O. The highest BCUT2D eigenvalue weighted by molar-refractivity contribution is 5.66. The maximum atomic E-state index is 5.50. The minimum atomic E-state index is 0.873. The lowest BCUT2D eigenvalue weighted by molar-refractivity contribution is 0.409. The third-order valence-electron chi connectivity index (χ3n) is 3.60. The lowest BCUT2D eigenvalue weighted by Gasteiger charge is -2.25. The lowest BCUT2D eigenvalue weighted by atomic mass is 10.0. The van der Waals surface area contributed by atoms with Crippen molar-refractivity contribution in [2.24, 2.45) is 0 Å². The van der Waals surface area contributed by atoms with E-state index in [-0.39, 0.29) is 0 Å². The Kier molecular flexibility index (Phi) is 3.25. The van der Waals surface area contributed by atoms with Crippen LogP contribution in [0, 0.1) is 13.8 Å². The van der Waals surface area contributed by atoms with Gasteiger partial charge in [-0.1, -0.05) is 22.9 Å². The molecule has 19 heavy (non-hydrogen) atoms. The van der Waals surface area contributed by atoms with E-state index in [9.17, 15) is 0 Å². The van der Waals surface area contributed by atoms with Gasteiger partial charge in [0.05, 0.1) is 0 Å². The van der Waals surface area contributed by atoms with Crippen LogP contribution < -0.4 is 10.2 Å².